The Morgan fingerprint density at radius 2 is 1.80 bits per heavy atom. The Kier molecular flexibility index (Phi) is 4.55. The molecule has 0 fully saturated rings. The molecule has 0 saturated carbocycles. The molecule has 15 heavy (non-hydrogen) atoms. The molecule has 0 rings (SSSR count). The Morgan fingerprint density at radius 3 is 2.07 bits per heavy atom. The number of rotatable bonds is 3. The molecule has 0 aromatic heterocycles. The number of aliphatic hydroxyl groups excluding tert-OH is 1. The number of hydrogen-bond donors (Lipinski definition) is 3. The second-order valence-corrected chi connectivity index (χ2v) is 5.11. The molecule has 0 radical (unpaired) electrons. The van der Waals surface area contributed by atoms with Crippen LogP contribution in [0.15, 0.2) is 0 Å². The van der Waals surface area contributed by atoms with E-state index in [1.165, 1.54) is 13.8 Å². The SMILES string of the molecule is CC(C)(C)NC(=O)OC(CO)C(C)(C)O. The molecule has 90 valence electrons. The Hall–Kier alpha value is -0.810. The summed E-state index contributed by atoms with van der Waals surface area (Å²) in [5, 5.41) is 21.1. The maximum Gasteiger partial charge on any atom is 0.407 e. The summed E-state index contributed by atoms with van der Waals surface area (Å²) >= 11 is 0. The molecule has 0 aliphatic heterocycles. The zero-order valence-electron chi connectivity index (χ0n) is 10.00. The van der Waals surface area contributed by atoms with Gasteiger partial charge in [0.2, 0.25) is 0 Å². The van der Waals surface area contributed by atoms with Gasteiger partial charge in [-0.1, -0.05) is 0 Å². The van der Waals surface area contributed by atoms with Crippen LogP contribution in [0.4, 0.5) is 4.79 Å². The summed E-state index contributed by atoms with van der Waals surface area (Å²) in [4.78, 5) is 11.3. The van der Waals surface area contributed by atoms with Crippen LogP contribution in [0, 0.1) is 0 Å². The Morgan fingerprint density at radius 1 is 1.33 bits per heavy atom. The zero-order chi connectivity index (χ0) is 12.3. The van der Waals surface area contributed by atoms with Gasteiger partial charge in [-0.3, -0.25) is 0 Å². The van der Waals surface area contributed by atoms with Gasteiger partial charge >= 0.3 is 6.09 Å². The number of nitrogens with one attached hydrogen (secondary N) is 1. The molecule has 1 unspecified atom stereocenters. The first-order chi connectivity index (χ1) is 6.56. The lowest BCUT2D eigenvalue weighted by Crippen LogP contribution is -2.48. The molecule has 0 spiro atoms. The van der Waals surface area contributed by atoms with Crippen LogP contribution in [0.5, 0.6) is 0 Å². The van der Waals surface area contributed by atoms with E-state index in [1.54, 1.807) is 0 Å². The van der Waals surface area contributed by atoms with Gasteiger partial charge in [0.25, 0.3) is 0 Å². The second-order valence-electron chi connectivity index (χ2n) is 5.11. The van der Waals surface area contributed by atoms with Gasteiger partial charge in [0.05, 0.1) is 12.2 Å². The average molecular weight is 219 g/mol. The standard InChI is InChI=1S/C10H21NO4/c1-9(2,3)11-8(13)15-7(6-12)10(4,5)14/h7,12,14H,6H2,1-5H3,(H,11,13). The molecule has 0 bridgehead atoms. The van der Waals surface area contributed by atoms with E-state index in [2.05, 4.69) is 5.32 Å². The van der Waals surface area contributed by atoms with Crippen molar-refractivity contribution >= 4 is 6.09 Å². The van der Waals surface area contributed by atoms with Gasteiger partial charge in [-0.15, -0.1) is 0 Å². The Bertz CT molecular complexity index is 214. The molecule has 0 aliphatic carbocycles. The largest absolute Gasteiger partial charge is 0.441 e. The Balaban J connectivity index is 4.27. The number of carbonyl (C=O) groups excluding carboxylic acids is 1. The smallest absolute Gasteiger partial charge is 0.407 e. The van der Waals surface area contributed by atoms with E-state index in [-0.39, 0.29) is 0 Å². The lowest BCUT2D eigenvalue weighted by atomic mass is 10.0. The average Bonchev–Trinajstić information content (AvgIpc) is 1.94. The monoisotopic (exact) mass is 219 g/mol. The lowest BCUT2D eigenvalue weighted by Gasteiger charge is -2.29. The number of carbonyl (C=O) groups is 1. The van der Waals surface area contributed by atoms with Crippen molar-refractivity contribution < 1.29 is 19.7 Å². The highest BCUT2D eigenvalue weighted by Crippen LogP contribution is 2.12. The molecular formula is C10H21NO4. The van der Waals surface area contributed by atoms with Crippen LogP contribution in [-0.4, -0.2) is 40.2 Å². The van der Waals surface area contributed by atoms with E-state index in [0.717, 1.165) is 0 Å². The van der Waals surface area contributed by atoms with Crippen LogP contribution in [0.1, 0.15) is 34.6 Å². The first-order valence-corrected chi connectivity index (χ1v) is 4.88. The molecule has 0 heterocycles. The fourth-order valence-electron chi connectivity index (χ4n) is 0.870. The molecule has 3 N–H and O–H groups in total. The molecule has 0 aromatic rings. The van der Waals surface area contributed by atoms with E-state index in [0.29, 0.717) is 0 Å². The summed E-state index contributed by atoms with van der Waals surface area (Å²) in [6.07, 6.45) is -1.58. The van der Waals surface area contributed by atoms with Crippen LogP contribution in [0.3, 0.4) is 0 Å². The number of ether oxygens (including phenoxy) is 1. The molecule has 5 nitrogen and oxygen atoms in total. The van der Waals surface area contributed by atoms with Gasteiger partial charge in [-0.25, -0.2) is 4.79 Å². The van der Waals surface area contributed by atoms with Crippen molar-refractivity contribution in [2.45, 2.75) is 51.9 Å². The number of hydrogen-bond acceptors (Lipinski definition) is 4. The highest BCUT2D eigenvalue weighted by molar-refractivity contribution is 5.68. The second kappa shape index (κ2) is 4.81. The number of alkyl carbamates (subject to hydrolysis) is 1. The summed E-state index contributed by atoms with van der Waals surface area (Å²) in [6.45, 7) is 7.96. The Labute approximate surface area is 90.4 Å². The van der Waals surface area contributed by atoms with Crippen molar-refractivity contribution in [1.29, 1.82) is 0 Å². The van der Waals surface area contributed by atoms with Gasteiger partial charge in [-0.05, 0) is 34.6 Å². The van der Waals surface area contributed by atoms with Crippen LogP contribution < -0.4 is 5.32 Å². The molecule has 1 atom stereocenters. The normalized spacial score (nSPS) is 14.6. The van der Waals surface area contributed by atoms with Crippen molar-refractivity contribution in [3.8, 4) is 0 Å². The third-order valence-electron chi connectivity index (χ3n) is 1.68. The molecule has 0 saturated heterocycles. The van der Waals surface area contributed by atoms with Gasteiger partial charge in [0.1, 0.15) is 0 Å². The van der Waals surface area contributed by atoms with Gasteiger partial charge < -0.3 is 20.3 Å². The van der Waals surface area contributed by atoms with Crippen molar-refractivity contribution in [1.82, 2.24) is 5.32 Å². The van der Waals surface area contributed by atoms with Crippen molar-refractivity contribution in [2.24, 2.45) is 0 Å². The van der Waals surface area contributed by atoms with Gasteiger partial charge in [-0.2, -0.15) is 0 Å². The van der Waals surface area contributed by atoms with E-state index in [1.807, 2.05) is 20.8 Å². The topological polar surface area (TPSA) is 78.8 Å². The molecular weight excluding hydrogens is 198 g/mol. The van der Waals surface area contributed by atoms with E-state index in [9.17, 15) is 9.90 Å². The summed E-state index contributed by atoms with van der Waals surface area (Å²) < 4.78 is 4.89. The van der Waals surface area contributed by atoms with Crippen LogP contribution in [0.2, 0.25) is 0 Å². The van der Waals surface area contributed by atoms with Gasteiger partial charge in [0, 0.05) is 5.54 Å². The third kappa shape index (κ3) is 6.30. The predicted octanol–water partition coefficient (Wildman–Crippen LogP) is 0.643. The predicted molar refractivity (Wildman–Crippen MR) is 56.5 cm³/mol. The summed E-state index contributed by atoms with van der Waals surface area (Å²) in [6, 6.07) is 0. The number of amides is 1. The van der Waals surface area contributed by atoms with E-state index >= 15 is 0 Å². The minimum Gasteiger partial charge on any atom is -0.441 e. The summed E-state index contributed by atoms with van der Waals surface area (Å²) in [5.74, 6) is 0. The first-order valence-electron chi connectivity index (χ1n) is 4.88. The number of aliphatic hydroxyl groups is 2. The highest BCUT2D eigenvalue weighted by atomic mass is 16.6. The molecule has 0 aliphatic rings. The van der Waals surface area contributed by atoms with Crippen LogP contribution in [0.25, 0.3) is 0 Å². The maximum absolute atomic E-state index is 11.3. The highest BCUT2D eigenvalue weighted by Gasteiger charge is 2.30. The fraction of sp³-hybridized carbons (Fsp3) is 0.900. The molecule has 5 heteroatoms. The van der Waals surface area contributed by atoms with Crippen molar-refractivity contribution in [3.63, 3.8) is 0 Å². The molecule has 1 amide bonds. The zero-order valence-corrected chi connectivity index (χ0v) is 10.00. The minimum atomic E-state index is -1.26. The first kappa shape index (κ1) is 14.2. The van der Waals surface area contributed by atoms with Gasteiger partial charge in [0.15, 0.2) is 6.10 Å². The van der Waals surface area contributed by atoms with Crippen molar-refractivity contribution in [2.75, 3.05) is 6.61 Å². The van der Waals surface area contributed by atoms with E-state index in [4.69, 9.17) is 9.84 Å². The lowest BCUT2D eigenvalue weighted by molar-refractivity contribution is -0.0775. The third-order valence-corrected chi connectivity index (χ3v) is 1.68. The van der Waals surface area contributed by atoms with Crippen molar-refractivity contribution in [3.05, 3.63) is 0 Å². The minimum absolute atomic E-state index is 0.406. The summed E-state index contributed by atoms with van der Waals surface area (Å²) in [5.41, 5.74) is -1.67. The van der Waals surface area contributed by atoms with Crippen LogP contribution in [-0.2, 0) is 4.74 Å². The quantitative estimate of drug-likeness (QED) is 0.651. The van der Waals surface area contributed by atoms with E-state index < -0.39 is 29.9 Å². The summed E-state index contributed by atoms with van der Waals surface area (Å²) in [7, 11) is 0. The molecule has 0 aromatic carbocycles. The fourth-order valence-corrected chi connectivity index (χ4v) is 0.870. The van der Waals surface area contributed by atoms with Crippen LogP contribution >= 0.6 is 0 Å². The maximum atomic E-state index is 11.3.